The molecule has 2 aromatic heterocycles. The van der Waals surface area contributed by atoms with E-state index >= 15 is 0 Å². The van der Waals surface area contributed by atoms with Gasteiger partial charge in [-0.3, -0.25) is 4.72 Å². The molecule has 0 unspecified atom stereocenters. The van der Waals surface area contributed by atoms with E-state index in [0.29, 0.717) is 16.1 Å². The van der Waals surface area contributed by atoms with Crippen molar-refractivity contribution in [2.75, 3.05) is 4.72 Å². The molecule has 0 amide bonds. The molecule has 2 heterocycles. The van der Waals surface area contributed by atoms with Gasteiger partial charge in [0.2, 0.25) is 0 Å². The van der Waals surface area contributed by atoms with Crippen LogP contribution in [0.25, 0.3) is 0 Å². The third kappa shape index (κ3) is 3.18. The lowest BCUT2D eigenvalue weighted by atomic mass is 10.4. The summed E-state index contributed by atoms with van der Waals surface area (Å²) in [4.78, 5) is 8.08. The van der Waals surface area contributed by atoms with Crippen LogP contribution in [0.3, 0.4) is 0 Å². The second-order valence-corrected chi connectivity index (χ2v) is 6.65. The summed E-state index contributed by atoms with van der Waals surface area (Å²) in [6, 6.07) is 3.29. The molecular weight excluding hydrogens is 344 g/mol. The van der Waals surface area contributed by atoms with Crippen LogP contribution in [0.1, 0.15) is 19.2 Å². The minimum absolute atomic E-state index is 0.0132. The molecule has 1 N–H and O–H groups in total. The minimum atomic E-state index is -3.71. The molecule has 0 saturated carbocycles. The number of rotatable bonds is 5. The number of aryl methyl sites for hydroxylation is 2. The van der Waals surface area contributed by atoms with Gasteiger partial charge in [0.05, 0.1) is 5.69 Å². The number of nitrogens with one attached hydrogen (secondary N) is 1. The molecule has 6 nitrogen and oxygen atoms in total. The Hall–Kier alpha value is -1.41. The first-order valence-corrected chi connectivity index (χ1v) is 8.38. The molecule has 0 bridgehead atoms. The topological polar surface area (TPSA) is 76.9 Å². The standard InChI is InChI=1S/C12H15BrN4O2S/c1-3-7-17-8-11(15-9(17)2)20(18,19)16-10-5-4-6-14-12(10)13/h4-6,8,16H,3,7H2,1-2H3. The third-order valence-electron chi connectivity index (χ3n) is 2.70. The summed E-state index contributed by atoms with van der Waals surface area (Å²) >= 11 is 3.20. The van der Waals surface area contributed by atoms with Crippen molar-refractivity contribution >= 4 is 31.6 Å². The molecule has 0 saturated heterocycles. The molecule has 0 spiro atoms. The number of anilines is 1. The maximum Gasteiger partial charge on any atom is 0.281 e. The number of imidazole rings is 1. The molecule has 0 radical (unpaired) electrons. The highest BCUT2D eigenvalue weighted by Gasteiger charge is 2.20. The molecule has 108 valence electrons. The van der Waals surface area contributed by atoms with Crippen molar-refractivity contribution < 1.29 is 8.42 Å². The maximum absolute atomic E-state index is 12.3. The number of aromatic nitrogens is 3. The maximum atomic E-state index is 12.3. The zero-order valence-corrected chi connectivity index (χ0v) is 13.6. The van der Waals surface area contributed by atoms with Crippen LogP contribution in [0.5, 0.6) is 0 Å². The van der Waals surface area contributed by atoms with Crippen LogP contribution < -0.4 is 4.72 Å². The van der Waals surface area contributed by atoms with E-state index in [1.54, 1.807) is 31.5 Å². The summed E-state index contributed by atoms with van der Waals surface area (Å²) in [7, 11) is -3.71. The Morgan fingerprint density at radius 3 is 2.85 bits per heavy atom. The number of sulfonamides is 1. The minimum Gasteiger partial charge on any atom is -0.334 e. The van der Waals surface area contributed by atoms with Gasteiger partial charge in [-0.2, -0.15) is 8.42 Å². The molecule has 2 rings (SSSR count). The van der Waals surface area contributed by atoms with Gasteiger partial charge in [0.25, 0.3) is 10.0 Å². The number of hydrogen-bond donors (Lipinski definition) is 1. The summed E-state index contributed by atoms with van der Waals surface area (Å²) in [5.41, 5.74) is 0.384. The Labute approximate surface area is 126 Å². The fourth-order valence-corrected chi connectivity index (χ4v) is 3.29. The van der Waals surface area contributed by atoms with Gasteiger partial charge in [0, 0.05) is 18.9 Å². The third-order valence-corrected chi connectivity index (χ3v) is 4.57. The molecule has 0 aliphatic rings. The van der Waals surface area contributed by atoms with Gasteiger partial charge in [-0.05, 0) is 41.4 Å². The van der Waals surface area contributed by atoms with Crippen LogP contribution in [0, 0.1) is 6.92 Å². The van der Waals surface area contributed by atoms with Crippen molar-refractivity contribution in [3.8, 4) is 0 Å². The van der Waals surface area contributed by atoms with Gasteiger partial charge in [-0.1, -0.05) is 6.92 Å². The Morgan fingerprint density at radius 1 is 1.45 bits per heavy atom. The smallest absolute Gasteiger partial charge is 0.281 e. The molecular formula is C12H15BrN4O2S. The summed E-state index contributed by atoms with van der Waals surface area (Å²) in [6.07, 6.45) is 4.03. The molecule has 0 fully saturated rings. The van der Waals surface area contributed by atoms with Crippen molar-refractivity contribution in [2.24, 2.45) is 0 Å². The second-order valence-electron chi connectivity index (χ2n) is 4.27. The van der Waals surface area contributed by atoms with E-state index in [4.69, 9.17) is 0 Å². The Morgan fingerprint density at radius 2 is 2.20 bits per heavy atom. The first-order chi connectivity index (χ1) is 9.44. The van der Waals surface area contributed by atoms with Crippen molar-refractivity contribution in [3.05, 3.63) is 35.0 Å². The van der Waals surface area contributed by atoms with Crippen molar-refractivity contribution in [3.63, 3.8) is 0 Å². The summed E-state index contributed by atoms with van der Waals surface area (Å²) in [5, 5.41) is 0.0132. The van der Waals surface area contributed by atoms with E-state index in [1.165, 1.54) is 0 Å². The normalized spacial score (nSPS) is 11.6. The summed E-state index contributed by atoms with van der Waals surface area (Å²) < 4.78 is 29.3. The van der Waals surface area contributed by atoms with E-state index in [0.717, 1.165) is 13.0 Å². The van der Waals surface area contributed by atoms with E-state index < -0.39 is 10.0 Å². The summed E-state index contributed by atoms with van der Waals surface area (Å²) in [6.45, 7) is 4.55. The van der Waals surface area contributed by atoms with Crippen molar-refractivity contribution in [1.29, 1.82) is 0 Å². The van der Waals surface area contributed by atoms with Crippen LogP contribution >= 0.6 is 15.9 Å². The van der Waals surface area contributed by atoms with Gasteiger partial charge < -0.3 is 4.57 Å². The number of nitrogens with zero attached hydrogens (tertiary/aromatic N) is 3. The van der Waals surface area contributed by atoms with Crippen LogP contribution in [-0.4, -0.2) is 23.0 Å². The van der Waals surface area contributed by atoms with Gasteiger partial charge in [-0.15, -0.1) is 0 Å². The number of pyridine rings is 1. The Kier molecular flexibility index (Phi) is 4.44. The Bertz CT molecular complexity index is 712. The zero-order valence-electron chi connectivity index (χ0n) is 11.2. The predicted molar refractivity (Wildman–Crippen MR) is 80.0 cm³/mol. The van der Waals surface area contributed by atoms with Crippen LogP contribution in [-0.2, 0) is 16.6 Å². The SMILES string of the molecule is CCCn1cc(S(=O)(=O)Nc2cccnc2Br)nc1C. The lowest BCUT2D eigenvalue weighted by Gasteiger charge is -2.06. The first-order valence-electron chi connectivity index (χ1n) is 6.11. The zero-order chi connectivity index (χ0) is 14.8. The molecule has 2 aromatic rings. The average Bonchev–Trinajstić information content (AvgIpc) is 2.75. The molecule has 20 heavy (non-hydrogen) atoms. The lowest BCUT2D eigenvalue weighted by molar-refractivity contribution is 0.597. The van der Waals surface area contributed by atoms with Crippen LogP contribution in [0.15, 0.2) is 34.2 Å². The van der Waals surface area contributed by atoms with E-state index in [-0.39, 0.29) is 5.03 Å². The predicted octanol–water partition coefficient (Wildman–Crippen LogP) is 2.56. The summed E-state index contributed by atoms with van der Waals surface area (Å²) in [5.74, 6) is 0.678. The molecule has 0 aliphatic heterocycles. The van der Waals surface area contributed by atoms with Crippen LogP contribution in [0.4, 0.5) is 5.69 Å². The highest BCUT2D eigenvalue weighted by molar-refractivity contribution is 9.10. The monoisotopic (exact) mass is 358 g/mol. The Balaban J connectivity index is 2.31. The van der Waals surface area contributed by atoms with Gasteiger partial charge in [-0.25, -0.2) is 9.97 Å². The highest BCUT2D eigenvalue weighted by atomic mass is 79.9. The number of hydrogen-bond acceptors (Lipinski definition) is 4. The molecule has 8 heteroatoms. The fourth-order valence-electron chi connectivity index (χ4n) is 1.74. The van der Waals surface area contributed by atoms with E-state index in [1.807, 2.05) is 11.5 Å². The van der Waals surface area contributed by atoms with Gasteiger partial charge >= 0.3 is 0 Å². The lowest BCUT2D eigenvalue weighted by Crippen LogP contribution is -2.14. The number of halogens is 1. The second kappa shape index (κ2) is 5.92. The van der Waals surface area contributed by atoms with Crippen molar-refractivity contribution in [1.82, 2.24) is 14.5 Å². The van der Waals surface area contributed by atoms with Crippen LogP contribution in [0.2, 0.25) is 0 Å². The fraction of sp³-hybridized carbons (Fsp3) is 0.333. The largest absolute Gasteiger partial charge is 0.334 e. The first kappa shape index (κ1) is 15.0. The van der Waals surface area contributed by atoms with E-state index in [2.05, 4.69) is 30.6 Å². The average molecular weight is 359 g/mol. The van der Waals surface area contributed by atoms with E-state index in [9.17, 15) is 8.42 Å². The molecule has 0 aromatic carbocycles. The van der Waals surface area contributed by atoms with Gasteiger partial charge in [0.1, 0.15) is 10.4 Å². The van der Waals surface area contributed by atoms with Crippen molar-refractivity contribution in [2.45, 2.75) is 31.8 Å². The molecule has 0 atom stereocenters. The quantitative estimate of drug-likeness (QED) is 0.833. The highest BCUT2D eigenvalue weighted by Crippen LogP contribution is 2.22. The van der Waals surface area contributed by atoms with Gasteiger partial charge in [0.15, 0.2) is 5.03 Å². The molecule has 0 aliphatic carbocycles.